The third-order valence-electron chi connectivity index (χ3n) is 5.97. The van der Waals surface area contributed by atoms with Crippen LogP contribution in [-0.2, 0) is 11.6 Å². The van der Waals surface area contributed by atoms with E-state index in [4.69, 9.17) is 14.2 Å². The molecule has 1 heterocycles. The predicted molar refractivity (Wildman–Crippen MR) is 111 cm³/mol. The van der Waals surface area contributed by atoms with E-state index >= 15 is 0 Å². The molecule has 0 saturated carbocycles. The summed E-state index contributed by atoms with van der Waals surface area (Å²) >= 11 is 0. The summed E-state index contributed by atoms with van der Waals surface area (Å²) in [4.78, 5) is 14.9. The molecule has 2 aromatic rings. The Balaban J connectivity index is 1.90. The van der Waals surface area contributed by atoms with Crippen LogP contribution < -0.4 is 14.2 Å². The first-order valence-electron chi connectivity index (χ1n) is 10.1. The molecule has 1 N–H and O–H groups in total. The molecule has 0 aliphatic carbocycles. The lowest BCUT2D eigenvalue weighted by atomic mass is 9.77. The fraction of sp³-hybridized carbons (Fsp3) is 0.435. The van der Waals surface area contributed by atoms with Crippen LogP contribution in [0.25, 0.3) is 0 Å². The summed E-state index contributed by atoms with van der Waals surface area (Å²) in [6.45, 7) is 0.526. The SMILES string of the molecule is COc1cc(C(=O)N2CCC(CCO)(c3ccc(C(F)(F)F)cc3)C2)cc(OC)c1OC. The van der Waals surface area contributed by atoms with Crippen molar-refractivity contribution in [2.45, 2.75) is 24.4 Å². The topological polar surface area (TPSA) is 68.2 Å². The Hall–Kier alpha value is -2.94. The van der Waals surface area contributed by atoms with Crippen molar-refractivity contribution in [3.05, 3.63) is 53.1 Å². The number of rotatable bonds is 7. The third-order valence-corrected chi connectivity index (χ3v) is 5.97. The van der Waals surface area contributed by atoms with Gasteiger partial charge < -0.3 is 24.2 Å². The summed E-state index contributed by atoms with van der Waals surface area (Å²) in [6.07, 6.45) is -3.57. The fourth-order valence-electron chi connectivity index (χ4n) is 4.24. The van der Waals surface area contributed by atoms with Crippen molar-refractivity contribution in [1.82, 2.24) is 4.90 Å². The lowest BCUT2D eigenvalue weighted by Crippen LogP contribution is -2.35. The Morgan fingerprint density at radius 1 is 1.06 bits per heavy atom. The number of methoxy groups -OCH3 is 3. The number of hydrogen-bond acceptors (Lipinski definition) is 5. The highest BCUT2D eigenvalue weighted by molar-refractivity contribution is 5.96. The Labute approximate surface area is 184 Å². The molecule has 174 valence electrons. The molecule has 1 aliphatic rings. The average molecular weight is 453 g/mol. The number of amides is 1. The number of alkyl halides is 3. The number of aliphatic hydroxyl groups is 1. The Bertz CT molecular complexity index is 936. The molecule has 0 bridgehead atoms. The highest BCUT2D eigenvalue weighted by Crippen LogP contribution is 2.42. The van der Waals surface area contributed by atoms with Crippen LogP contribution in [0.15, 0.2) is 36.4 Å². The number of halogens is 3. The number of hydrogen-bond donors (Lipinski definition) is 1. The van der Waals surface area contributed by atoms with Gasteiger partial charge in [-0.1, -0.05) is 12.1 Å². The summed E-state index contributed by atoms with van der Waals surface area (Å²) in [5, 5.41) is 9.64. The zero-order valence-corrected chi connectivity index (χ0v) is 18.2. The molecule has 9 heteroatoms. The minimum absolute atomic E-state index is 0.146. The second-order valence-corrected chi connectivity index (χ2v) is 7.72. The lowest BCUT2D eigenvalue weighted by molar-refractivity contribution is -0.137. The summed E-state index contributed by atoms with van der Waals surface area (Å²) in [6, 6.07) is 8.08. The van der Waals surface area contributed by atoms with E-state index in [1.165, 1.54) is 33.5 Å². The summed E-state index contributed by atoms with van der Waals surface area (Å²) in [5.41, 5.74) is -0.356. The van der Waals surface area contributed by atoms with E-state index in [1.807, 2.05) is 0 Å². The first-order valence-corrected chi connectivity index (χ1v) is 10.1. The van der Waals surface area contributed by atoms with Gasteiger partial charge in [0.1, 0.15) is 0 Å². The normalized spacial score (nSPS) is 18.5. The Kier molecular flexibility index (Phi) is 6.88. The highest BCUT2D eigenvalue weighted by atomic mass is 19.4. The Morgan fingerprint density at radius 2 is 1.66 bits per heavy atom. The summed E-state index contributed by atoms with van der Waals surface area (Å²) < 4.78 is 54.8. The number of carbonyl (C=O) groups excluding carboxylic acids is 1. The molecule has 1 saturated heterocycles. The van der Waals surface area contributed by atoms with Gasteiger partial charge in [0.25, 0.3) is 5.91 Å². The van der Waals surface area contributed by atoms with Gasteiger partial charge in [0.05, 0.1) is 26.9 Å². The van der Waals surface area contributed by atoms with Gasteiger partial charge in [0.2, 0.25) is 5.75 Å². The van der Waals surface area contributed by atoms with Gasteiger partial charge in [-0.25, -0.2) is 0 Å². The van der Waals surface area contributed by atoms with E-state index < -0.39 is 17.2 Å². The number of nitrogens with zero attached hydrogens (tertiary/aromatic N) is 1. The van der Waals surface area contributed by atoms with Crippen molar-refractivity contribution in [2.24, 2.45) is 0 Å². The molecule has 0 radical (unpaired) electrons. The Morgan fingerprint density at radius 3 is 2.12 bits per heavy atom. The van der Waals surface area contributed by atoms with Gasteiger partial charge >= 0.3 is 6.18 Å². The van der Waals surface area contributed by atoms with Crippen LogP contribution in [-0.4, -0.2) is 56.9 Å². The van der Waals surface area contributed by atoms with Crippen molar-refractivity contribution >= 4 is 5.91 Å². The molecular weight excluding hydrogens is 427 g/mol. The number of likely N-dealkylation sites (tertiary alicyclic amines) is 1. The molecule has 2 aromatic carbocycles. The molecule has 32 heavy (non-hydrogen) atoms. The van der Waals surface area contributed by atoms with Crippen LogP contribution in [0.1, 0.15) is 34.3 Å². The second-order valence-electron chi connectivity index (χ2n) is 7.72. The van der Waals surface area contributed by atoms with Crippen molar-refractivity contribution in [3.63, 3.8) is 0 Å². The molecule has 0 spiro atoms. The van der Waals surface area contributed by atoms with Crippen LogP contribution in [0.3, 0.4) is 0 Å². The summed E-state index contributed by atoms with van der Waals surface area (Å²) in [5.74, 6) is 0.792. The number of aliphatic hydroxyl groups excluding tert-OH is 1. The van der Waals surface area contributed by atoms with Crippen LogP contribution >= 0.6 is 0 Å². The van der Waals surface area contributed by atoms with Crippen LogP contribution in [0, 0.1) is 0 Å². The lowest BCUT2D eigenvalue weighted by Gasteiger charge is -2.30. The molecule has 0 aromatic heterocycles. The maximum Gasteiger partial charge on any atom is 0.416 e. The second kappa shape index (κ2) is 9.28. The molecule has 1 unspecified atom stereocenters. The van der Waals surface area contributed by atoms with Crippen LogP contribution in [0.2, 0.25) is 0 Å². The first-order chi connectivity index (χ1) is 15.2. The van der Waals surface area contributed by atoms with Gasteiger partial charge in [0, 0.05) is 30.7 Å². The molecule has 1 fully saturated rings. The summed E-state index contributed by atoms with van der Waals surface area (Å²) in [7, 11) is 4.38. The highest BCUT2D eigenvalue weighted by Gasteiger charge is 2.42. The monoisotopic (exact) mass is 453 g/mol. The van der Waals surface area contributed by atoms with Crippen LogP contribution in [0.5, 0.6) is 17.2 Å². The molecule has 1 amide bonds. The number of carbonyl (C=O) groups is 1. The van der Waals surface area contributed by atoms with Gasteiger partial charge in [0.15, 0.2) is 11.5 Å². The smallest absolute Gasteiger partial charge is 0.416 e. The van der Waals surface area contributed by atoms with E-state index in [9.17, 15) is 23.1 Å². The van der Waals surface area contributed by atoms with Gasteiger partial charge in [-0.05, 0) is 42.7 Å². The number of ether oxygens (including phenoxy) is 3. The zero-order valence-electron chi connectivity index (χ0n) is 18.2. The fourth-order valence-corrected chi connectivity index (χ4v) is 4.24. The standard InChI is InChI=1S/C23H26F3NO5/c1-30-18-12-15(13-19(31-2)20(18)32-3)21(29)27-10-8-22(14-27,9-11-28)16-4-6-17(7-5-16)23(24,25)26/h4-7,12-13,28H,8-11,14H2,1-3H3. The van der Waals surface area contributed by atoms with Gasteiger partial charge in [-0.2, -0.15) is 13.2 Å². The van der Waals surface area contributed by atoms with E-state index in [0.717, 1.165) is 12.1 Å². The van der Waals surface area contributed by atoms with E-state index in [1.54, 1.807) is 17.0 Å². The molecule has 6 nitrogen and oxygen atoms in total. The van der Waals surface area contributed by atoms with Crippen molar-refractivity contribution in [2.75, 3.05) is 41.0 Å². The zero-order chi connectivity index (χ0) is 23.5. The largest absolute Gasteiger partial charge is 0.493 e. The predicted octanol–water partition coefficient (Wildman–Crippen LogP) is 3.90. The van der Waals surface area contributed by atoms with Crippen molar-refractivity contribution < 1.29 is 37.3 Å². The minimum Gasteiger partial charge on any atom is -0.493 e. The van der Waals surface area contributed by atoms with Crippen molar-refractivity contribution in [1.29, 1.82) is 0 Å². The van der Waals surface area contributed by atoms with E-state index in [-0.39, 0.29) is 19.1 Å². The first kappa shape index (κ1) is 23.7. The van der Waals surface area contributed by atoms with E-state index in [0.29, 0.717) is 47.8 Å². The van der Waals surface area contributed by atoms with Crippen LogP contribution in [0.4, 0.5) is 13.2 Å². The molecular formula is C23H26F3NO5. The quantitative estimate of drug-likeness (QED) is 0.689. The third kappa shape index (κ3) is 4.48. The molecule has 3 rings (SSSR count). The van der Waals surface area contributed by atoms with Gasteiger partial charge in [-0.15, -0.1) is 0 Å². The maximum atomic E-state index is 13.3. The number of benzene rings is 2. The maximum absolute atomic E-state index is 13.3. The van der Waals surface area contributed by atoms with Gasteiger partial charge in [-0.3, -0.25) is 4.79 Å². The minimum atomic E-state index is -4.42. The molecule has 1 aliphatic heterocycles. The van der Waals surface area contributed by atoms with E-state index in [2.05, 4.69) is 0 Å². The average Bonchev–Trinajstić information content (AvgIpc) is 3.22. The molecule has 1 atom stereocenters. The van der Waals surface area contributed by atoms with Crippen molar-refractivity contribution in [3.8, 4) is 17.2 Å².